The summed E-state index contributed by atoms with van der Waals surface area (Å²) in [4.78, 5) is 54.9. The highest BCUT2D eigenvalue weighted by Crippen LogP contribution is 2.27. The predicted octanol–water partition coefficient (Wildman–Crippen LogP) is 5.14. The highest BCUT2D eigenvalue weighted by Gasteiger charge is 2.41. The molecule has 12 heteroatoms. The van der Waals surface area contributed by atoms with E-state index in [1.807, 2.05) is 44.2 Å². The van der Waals surface area contributed by atoms with Gasteiger partial charge in [-0.25, -0.2) is 9.59 Å². The van der Waals surface area contributed by atoms with Gasteiger partial charge in [0, 0.05) is 19.0 Å². The molecule has 0 saturated carbocycles. The van der Waals surface area contributed by atoms with Crippen LogP contribution < -0.4 is 0 Å². The lowest BCUT2D eigenvalue weighted by atomic mass is 9.92. The van der Waals surface area contributed by atoms with Crippen LogP contribution in [0.3, 0.4) is 0 Å². The number of alkyl halides is 3. The maximum absolute atomic E-state index is 13.6. The third kappa shape index (κ3) is 11.8. The summed E-state index contributed by atoms with van der Waals surface area (Å²) >= 11 is 17.0. The second-order valence-corrected chi connectivity index (χ2v) is 13.4. The van der Waals surface area contributed by atoms with Gasteiger partial charge in [-0.05, 0) is 38.7 Å². The standard InChI is InChI=1S/C27H37Cl3N2O7/c1-18(2)13-20(14-22(33)38-17-27(28,29)30)23(34)31-11-12-32(25(36)39-26(3,4)5)21(15-31)24(35)37-16-19-9-7-6-8-10-19/h6-10,18,20-21H,11-17H2,1-5H3/t20-,21+/m1/s1. The molecule has 1 aromatic rings. The predicted molar refractivity (Wildman–Crippen MR) is 148 cm³/mol. The molecule has 2 rings (SSSR count). The molecule has 0 aromatic heterocycles. The largest absolute Gasteiger partial charge is 0.461 e. The first kappa shape index (κ1) is 33.0. The number of carbonyl (C=O) groups excluding carboxylic acids is 4. The van der Waals surface area contributed by atoms with Crippen LogP contribution in [0, 0.1) is 11.8 Å². The smallest absolute Gasteiger partial charge is 0.411 e. The van der Waals surface area contributed by atoms with E-state index in [0.29, 0.717) is 6.42 Å². The molecule has 218 valence electrons. The van der Waals surface area contributed by atoms with Crippen molar-refractivity contribution in [3.8, 4) is 0 Å². The molecular formula is C27H37Cl3N2O7. The van der Waals surface area contributed by atoms with Gasteiger partial charge in [0.25, 0.3) is 0 Å². The van der Waals surface area contributed by atoms with E-state index >= 15 is 0 Å². The number of rotatable bonds is 9. The van der Waals surface area contributed by atoms with Crippen LogP contribution in [-0.2, 0) is 35.2 Å². The Labute approximate surface area is 245 Å². The Kier molecular flexibility index (Phi) is 12.2. The molecule has 0 unspecified atom stereocenters. The number of hydrogen-bond donors (Lipinski definition) is 0. The average molecular weight is 608 g/mol. The lowest BCUT2D eigenvalue weighted by molar-refractivity contribution is -0.157. The fourth-order valence-electron chi connectivity index (χ4n) is 4.07. The summed E-state index contributed by atoms with van der Waals surface area (Å²) in [6.45, 7) is 8.71. The van der Waals surface area contributed by atoms with Crippen molar-refractivity contribution in [2.75, 3.05) is 26.2 Å². The zero-order chi connectivity index (χ0) is 29.4. The van der Waals surface area contributed by atoms with Crippen LogP contribution >= 0.6 is 34.8 Å². The maximum atomic E-state index is 13.6. The Hall–Kier alpha value is -2.23. The summed E-state index contributed by atoms with van der Waals surface area (Å²) in [7, 11) is 0. The van der Waals surface area contributed by atoms with Gasteiger partial charge in [0.1, 0.15) is 18.8 Å². The Balaban J connectivity index is 2.19. The Bertz CT molecular complexity index is 993. The van der Waals surface area contributed by atoms with Crippen LogP contribution in [0.15, 0.2) is 30.3 Å². The summed E-state index contributed by atoms with van der Waals surface area (Å²) in [5, 5.41) is 0. The number of nitrogens with zero attached hydrogens (tertiary/aromatic N) is 2. The molecule has 1 saturated heterocycles. The summed E-state index contributed by atoms with van der Waals surface area (Å²) < 4.78 is 14.3. The van der Waals surface area contributed by atoms with Gasteiger partial charge in [-0.2, -0.15) is 0 Å². The van der Waals surface area contributed by atoms with E-state index in [4.69, 9.17) is 49.0 Å². The monoisotopic (exact) mass is 606 g/mol. The minimum Gasteiger partial charge on any atom is -0.461 e. The van der Waals surface area contributed by atoms with Gasteiger partial charge in [0.15, 0.2) is 6.04 Å². The zero-order valence-corrected chi connectivity index (χ0v) is 25.2. The van der Waals surface area contributed by atoms with Crippen LogP contribution in [0.25, 0.3) is 0 Å². The Morgan fingerprint density at radius 2 is 1.64 bits per heavy atom. The second kappa shape index (κ2) is 14.4. The normalized spacial score (nSPS) is 17.0. The van der Waals surface area contributed by atoms with Crippen LogP contribution in [-0.4, -0.2) is 75.4 Å². The molecule has 1 fully saturated rings. The first-order chi connectivity index (χ1) is 18.1. The van der Waals surface area contributed by atoms with Gasteiger partial charge in [0.05, 0.1) is 13.0 Å². The third-order valence-corrected chi connectivity index (χ3v) is 6.06. The number of carbonyl (C=O) groups is 4. The quantitative estimate of drug-likeness (QED) is 0.218. The summed E-state index contributed by atoms with van der Waals surface area (Å²) in [5.74, 6) is -2.30. The molecule has 0 bridgehead atoms. The highest BCUT2D eigenvalue weighted by atomic mass is 35.6. The van der Waals surface area contributed by atoms with Gasteiger partial charge in [0.2, 0.25) is 9.70 Å². The van der Waals surface area contributed by atoms with E-state index in [2.05, 4.69) is 0 Å². The molecule has 39 heavy (non-hydrogen) atoms. The number of ether oxygens (including phenoxy) is 3. The number of amides is 2. The zero-order valence-electron chi connectivity index (χ0n) is 23.0. The third-order valence-electron chi connectivity index (χ3n) is 5.73. The molecule has 0 aliphatic carbocycles. The number of benzene rings is 1. The van der Waals surface area contributed by atoms with E-state index in [1.165, 1.54) is 9.80 Å². The molecular weight excluding hydrogens is 571 g/mol. The lowest BCUT2D eigenvalue weighted by Crippen LogP contribution is -2.61. The van der Waals surface area contributed by atoms with Gasteiger partial charge in [-0.1, -0.05) is 79.0 Å². The molecule has 0 spiro atoms. The number of halogens is 3. The van der Waals surface area contributed by atoms with Gasteiger partial charge >= 0.3 is 18.0 Å². The maximum Gasteiger partial charge on any atom is 0.411 e. The lowest BCUT2D eigenvalue weighted by Gasteiger charge is -2.41. The van der Waals surface area contributed by atoms with Crippen molar-refractivity contribution in [2.45, 2.75) is 69.5 Å². The minimum absolute atomic E-state index is 0.0112. The van der Waals surface area contributed by atoms with Crippen molar-refractivity contribution in [3.63, 3.8) is 0 Å². The van der Waals surface area contributed by atoms with Crippen molar-refractivity contribution in [3.05, 3.63) is 35.9 Å². The molecule has 0 radical (unpaired) electrons. The first-order valence-corrected chi connectivity index (χ1v) is 13.9. The van der Waals surface area contributed by atoms with Crippen molar-refractivity contribution < 1.29 is 33.4 Å². The van der Waals surface area contributed by atoms with Crippen LogP contribution in [0.2, 0.25) is 0 Å². The SMILES string of the molecule is CC(C)C[C@H](CC(=O)OCC(Cl)(Cl)Cl)C(=O)N1CCN(C(=O)OC(C)(C)C)[C@H](C(=O)OCc2ccccc2)C1. The molecule has 2 atom stereocenters. The number of hydrogen-bond acceptors (Lipinski definition) is 7. The van der Waals surface area contributed by atoms with Gasteiger partial charge in [-0.15, -0.1) is 0 Å². The van der Waals surface area contributed by atoms with Crippen LogP contribution in [0.1, 0.15) is 53.0 Å². The fraction of sp³-hybridized carbons (Fsp3) is 0.630. The van der Waals surface area contributed by atoms with Crippen LogP contribution in [0.5, 0.6) is 0 Å². The summed E-state index contributed by atoms with van der Waals surface area (Å²) in [6.07, 6.45) is -0.491. The van der Waals surface area contributed by atoms with Crippen molar-refractivity contribution in [1.82, 2.24) is 9.80 Å². The van der Waals surface area contributed by atoms with Crippen molar-refractivity contribution >= 4 is 58.7 Å². The minimum atomic E-state index is -1.77. The first-order valence-electron chi connectivity index (χ1n) is 12.8. The van der Waals surface area contributed by atoms with E-state index in [1.54, 1.807) is 20.8 Å². The fourth-order valence-corrected chi connectivity index (χ4v) is 4.23. The van der Waals surface area contributed by atoms with E-state index in [-0.39, 0.29) is 44.5 Å². The van der Waals surface area contributed by atoms with Crippen molar-refractivity contribution in [2.24, 2.45) is 11.8 Å². The van der Waals surface area contributed by atoms with Crippen LogP contribution in [0.4, 0.5) is 4.79 Å². The van der Waals surface area contributed by atoms with Gasteiger partial charge in [-0.3, -0.25) is 14.5 Å². The highest BCUT2D eigenvalue weighted by molar-refractivity contribution is 6.67. The molecule has 2 amide bonds. The second-order valence-electron chi connectivity index (χ2n) is 10.9. The Morgan fingerprint density at radius 1 is 1.00 bits per heavy atom. The Morgan fingerprint density at radius 3 is 2.21 bits per heavy atom. The summed E-state index contributed by atoms with van der Waals surface area (Å²) in [5.41, 5.74) is 0.00145. The number of esters is 2. The molecule has 1 heterocycles. The van der Waals surface area contributed by atoms with E-state index in [0.717, 1.165) is 5.56 Å². The van der Waals surface area contributed by atoms with Crippen molar-refractivity contribution in [1.29, 1.82) is 0 Å². The molecule has 1 aromatic carbocycles. The molecule has 0 N–H and O–H groups in total. The van der Waals surface area contributed by atoms with E-state index in [9.17, 15) is 19.2 Å². The van der Waals surface area contributed by atoms with E-state index < -0.39 is 46.0 Å². The number of piperazine rings is 1. The molecule has 1 aliphatic heterocycles. The molecule has 9 nitrogen and oxygen atoms in total. The summed E-state index contributed by atoms with van der Waals surface area (Å²) in [6, 6.07) is 8.04. The topological polar surface area (TPSA) is 102 Å². The molecule has 1 aliphatic rings. The average Bonchev–Trinajstić information content (AvgIpc) is 2.83. The van der Waals surface area contributed by atoms with Gasteiger partial charge < -0.3 is 19.1 Å².